The van der Waals surface area contributed by atoms with Crippen LogP contribution in [0.25, 0.3) is 10.9 Å². The van der Waals surface area contributed by atoms with Gasteiger partial charge in [0.15, 0.2) is 6.04 Å². The summed E-state index contributed by atoms with van der Waals surface area (Å²) in [7, 11) is 3.66. The number of hydrogen-bond acceptors (Lipinski definition) is 1. The Hall–Kier alpha value is -1.52. The molecule has 0 saturated heterocycles. The van der Waals surface area contributed by atoms with E-state index < -0.39 is 0 Å². The fraction of sp³-hybridized carbons (Fsp3) is 0.308. The number of para-hydroxylation sites is 1. The van der Waals surface area contributed by atoms with Crippen molar-refractivity contribution in [3.63, 3.8) is 0 Å². The number of aromatic nitrogens is 1. The number of carbonyl (C=O) groups is 1. The lowest BCUT2D eigenvalue weighted by Crippen LogP contribution is -3.00. The van der Waals surface area contributed by atoms with E-state index in [2.05, 4.69) is 33.9 Å². The molecule has 0 aliphatic carbocycles. The van der Waals surface area contributed by atoms with E-state index in [1.165, 1.54) is 16.5 Å². The van der Waals surface area contributed by atoms with Crippen LogP contribution < -0.4 is 23.5 Å². The van der Waals surface area contributed by atoms with E-state index >= 15 is 0 Å². The molecule has 98 valence electrons. The van der Waals surface area contributed by atoms with Crippen LogP contribution in [0.1, 0.15) is 5.56 Å². The molecule has 1 amide bonds. The Morgan fingerprint density at radius 1 is 1.44 bits per heavy atom. The van der Waals surface area contributed by atoms with Crippen LogP contribution in [0.15, 0.2) is 30.5 Å². The molecule has 0 saturated carbocycles. The molecule has 18 heavy (non-hydrogen) atoms. The Kier molecular flexibility index (Phi) is 4.76. The second-order valence-corrected chi connectivity index (χ2v) is 4.30. The number of aryl methyl sites for hydroxylation is 1. The summed E-state index contributed by atoms with van der Waals surface area (Å²) in [5.41, 5.74) is 6.26. The molecular formula is C13H18ClN3O. The van der Waals surface area contributed by atoms with Crippen molar-refractivity contribution < 1.29 is 22.9 Å². The van der Waals surface area contributed by atoms with E-state index in [-0.39, 0.29) is 24.4 Å². The minimum absolute atomic E-state index is 0. The zero-order valence-electron chi connectivity index (χ0n) is 10.6. The Balaban J connectivity index is 0.00000162. The van der Waals surface area contributed by atoms with E-state index in [0.29, 0.717) is 6.42 Å². The Morgan fingerprint density at radius 2 is 2.11 bits per heavy atom. The summed E-state index contributed by atoms with van der Waals surface area (Å²) >= 11 is 0. The maximum absolute atomic E-state index is 11.5. The summed E-state index contributed by atoms with van der Waals surface area (Å²) in [5.74, 6) is -0.0158. The van der Waals surface area contributed by atoms with Crippen LogP contribution in [0.3, 0.4) is 0 Å². The van der Waals surface area contributed by atoms with Gasteiger partial charge in [0.25, 0.3) is 5.91 Å². The first-order valence-electron chi connectivity index (χ1n) is 5.71. The maximum Gasteiger partial charge on any atom is 0.278 e. The first kappa shape index (κ1) is 14.5. The van der Waals surface area contributed by atoms with Crippen molar-refractivity contribution in [3.05, 3.63) is 36.0 Å². The first-order valence-corrected chi connectivity index (χ1v) is 5.71. The molecule has 1 atom stereocenters. The molecule has 1 aromatic heterocycles. The smallest absolute Gasteiger partial charge is 0.278 e. The number of fused-ring (bicyclic) bond motifs is 1. The summed E-state index contributed by atoms with van der Waals surface area (Å²) in [5, 5.41) is 3.83. The third kappa shape index (κ3) is 2.66. The largest absolute Gasteiger partial charge is 1.00 e. The van der Waals surface area contributed by atoms with E-state index in [1.54, 1.807) is 7.05 Å². The van der Waals surface area contributed by atoms with Crippen molar-refractivity contribution in [1.29, 1.82) is 0 Å². The van der Waals surface area contributed by atoms with Crippen LogP contribution in [0.5, 0.6) is 0 Å². The van der Waals surface area contributed by atoms with Crippen molar-refractivity contribution in [3.8, 4) is 0 Å². The zero-order valence-corrected chi connectivity index (χ0v) is 11.4. The van der Waals surface area contributed by atoms with Crippen LogP contribution in [0.2, 0.25) is 0 Å². The van der Waals surface area contributed by atoms with Gasteiger partial charge in [0.2, 0.25) is 0 Å². The lowest BCUT2D eigenvalue weighted by Gasteiger charge is -2.05. The van der Waals surface area contributed by atoms with E-state index in [1.807, 2.05) is 19.2 Å². The van der Waals surface area contributed by atoms with Crippen molar-refractivity contribution in [2.75, 3.05) is 7.05 Å². The van der Waals surface area contributed by atoms with Crippen LogP contribution in [0.4, 0.5) is 0 Å². The van der Waals surface area contributed by atoms with E-state index in [9.17, 15) is 4.79 Å². The van der Waals surface area contributed by atoms with Crippen LogP contribution >= 0.6 is 0 Å². The Labute approximate surface area is 113 Å². The normalized spacial score (nSPS) is 11.9. The molecule has 1 heterocycles. The van der Waals surface area contributed by atoms with Gasteiger partial charge in [-0.15, -0.1) is 0 Å². The van der Waals surface area contributed by atoms with E-state index in [4.69, 9.17) is 0 Å². The summed E-state index contributed by atoms with van der Waals surface area (Å²) in [6.07, 6.45) is 2.74. The molecule has 0 spiro atoms. The number of nitrogens with zero attached hydrogens (tertiary/aromatic N) is 1. The van der Waals surface area contributed by atoms with Gasteiger partial charge in [-0.2, -0.15) is 0 Å². The van der Waals surface area contributed by atoms with Crippen molar-refractivity contribution in [1.82, 2.24) is 9.88 Å². The molecule has 0 unspecified atom stereocenters. The predicted octanol–water partition coefficient (Wildman–Crippen LogP) is -2.92. The highest BCUT2D eigenvalue weighted by Gasteiger charge is 2.18. The molecular weight excluding hydrogens is 250 g/mol. The Bertz CT molecular complexity index is 550. The standard InChI is InChI=1S/C13H17N3O.ClH/c1-15-13(17)11(14)7-9-8-16(2)12-6-4-3-5-10(9)12;/h3-6,8,11H,7,14H2,1-2H3,(H,15,17);1H/t11-;/m1./s1. The lowest BCUT2D eigenvalue weighted by molar-refractivity contribution is -0.403. The highest BCUT2D eigenvalue weighted by molar-refractivity contribution is 5.85. The van der Waals surface area contributed by atoms with Crippen molar-refractivity contribution in [2.45, 2.75) is 12.5 Å². The zero-order chi connectivity index (χ0) is 12.4. The number of quaternary nitrogens is 1. The average Bonchev–Trinajstić information content (AvgIpc) is 2.66. The van der Waals surface area contributed by atoms with Gasteiger partial charge in [0.1, 0.15) is 0 Å². The fourth-order valence-corrected chi connectivity index (χ4v) is 2.15. The molecule has 0 aliphatic heterocycles. The molecule has 5 heteroatoms. The number of nitrogens with one attached hydrogen (secondary N) is 1. The predicted molar refractivity (Wildman–Crippen MR) is 67.4 cm³/mol. The van der Waals surface area contributed by atoms with Gasteiger partial charge in [0.05, 0.1) is 0 Å². The number of benzene rings is 1. The number of halogens is 1. The molecule has 0 aliphatic rings. The number of amides is 1. The quantitative estimate of drug-likeness (QED) is 0.615. The van der Waals surface area contributed by atoms with Crippen LogP contribution in [-0.4, -0.2) is 23.6 Å². The van der Waals surface area contributed by atoms with Gasteiger partial charge in [-0.3, -0.25) is 4.79 Å². The fourth-order valence-electron chi connectivity index (χ4n) is 2.15. The van der Waals surface area contributed by atoms with Crippen LogP contribution in [-0.2, 0) is 18.3 Å². The second-order valence-electron chi connectivity index (χ2n) is 4.30. The topological polar surface area (TPSA) is 61.7 Å². The van der Waals surface area contributed by atoms with Gasteiger partial charge in [-0.1, -0.05) is 18.2 Å². The van der Waals surface area contributed by atoms with Gasteiger partial charge in [0, 0.05) is 37.6 Å². The van der Waals surface area contributed by atoms with Crippen molar-refractivity contribution in [2.24, 2.45) is 7.05 Å². The third-order valence-corrected chi connectivity index (χ3v) is 3.06. The molecule has 0 fully saturated rings. The Morgan fingerprint density at radius 3 is 2.78 bits per heavy atom. The highest BCUT2D eigenvalue weighted by atomic mass is 35.5. The number of hydrogen-bond donors (Lipinski definition) is 2. The molecule has 0 bridgehead atoms. The minimum Gasteiger partial charge on any atom is -1.00 e. The second kappa shape index (κ2) is 5.89. The molecule has 1 aromatic carbocycles. The molecule has 4 nitrogen and oxygen atoms in total. The molecule has 2 rings (SSSR count). The minimum atomic E-state index is -0.245. The SMILES string of the molecule is CNC(=O)[C@H]([NH3+])Cc1cn(C)c2ccccc12.[Cl-]. The van der Waals surface area contributed by atoms with Gasteiger partial charge in [-0.25, -0.2) is 0 Å². The van der Waals surface area contributed by atoms with Crippen molar-refractivity contribution >= 4 is 16.8 Å². The monoisotopic (exact) mass is 267 g/mol. The summed E-state index contributed by atoms with van der Waals surface area (Å²) in [6.45, 7) is 0. The van der Waals surface area contributed by atoms with Gasteiger partial charge < -0.3 is 28.0 Å². The van der Waals surface area contributed by atoms with Crippen LogP contribution in [0, 0.1) is 0 Å². The molecule has 0 radical (unpaired) electrons. The number of rotatable bonds is 3. The maximum atomic E-state index is 11.5. The lowest BCUT2D eigenvalue weighted by atomic mass is 10.1. The summed E-state index contributed by atoms with van der Waals surface area (Å²) in [6, 6.07) is 7.96. The number of carbonyl (C=O) groups excluding carboxylic acids is 1. The number of likely N-dealkylation sites (N-methyl/N-ethyl adjacent to an activating group) is 1. The summed E-state index contributed by atoms with van der Waals surface area (Å²) < 4.78 is 2.08. The van der Waals surface area contributed by atoms with E-state index in [0.717, 1.165) is 0 Å². The third-order valence-electron chi connectivity index (χ3n) is 3.06. The van der Waals surface area contributed by atoms with Gasteiger partial charge in [-0.05, 0) is 11.6 Å². The van der Waals surface area contributed by atoms with Gasteiger partial charge >= 0.3 is 0 Å². The average molecular weight is 268 g/mol. The first-order chi connectivity index (χ1) is 8.13. The summed E-state index contributed by atoms with van der Waals surface area (Å²) in [4.78, 5) is 11.5. The highest BCUT2D eigenvalue weighted by Crippen LogP contribution is 2.20. The molecule has 4 N–H and O–H groups in total. The molecule has 2 aromatic rings.